The van der Waals surface area contributed by atoms with Gasteiger partial charge in [0.15, 0.2) is 5.60 Å². The van der Waals surface area contributed by atoms with E-state index in [-0.39, 0.29) is 18.4 Å². The van der Waals surface area contributed by atoms with Crippen LogP contribution in [0.2, 0.25) is 5.02 Å². The Balaban J connectivity index is 0.00000312. The van der Waals surface area contributed by atoms with Crippen LogP contribution in [-0.4, -0.2) is 18.2 Å². The Kier molecular flexibility index (Phi) is 8.07. The zero-order valence-electron chi connectivity index (χ0n) is 14.5. The van der Waals surface area contributed by atoms with Gasteiger partial charge in [0.1, 0.15) is 5.75 Å². The maximum absolute atomic E-state index is 11.9. The normalized spacial score (nSPS) is 10.6. The molecular formula is C19H23Cl2NO3. The summed E-state index contributed by atoms with van der Waals surface area (Å²) in [6, 6.07) is 15.2. The van der Waals surface area contributed by atoms with Gasteiger partial charge in [-0.05, 0) is 62.7 Å². The third-order valence-electron chi connectivity index (χ3n) is 3.40. The summed E-state index contributed by atoms with van der Waals surface area (Å²) in [6.07, 6.45) is 0. The Labute approximate surface area is 159 Å². The third-order valence-corrected chi connectivity index (χ3v) is 3.66. The van der Waals surface area contributed by atoms with E-state index in [1.807, 2.05) is 48.5 Å². The number of rotatable bonds is 7. The number of carbonyl (C=O) groups excluding carboxylic acids is 1. The summed E-state index contributed by atoms with van der Waals surface area (Å²) in [7, 11) is 0. The van der Waals surface area contributed by atoms with Gasteiger partial charge < -0.3 is 14.8 Å². The first-order chi connectivity index (χ1) is 11.4. The summed E-state index contributed by atoms with van der Waals surface area (Å²) < 4.78 is 10.8. The molecule has 0 aliphatic carbocycles. The van der Waals surface area contributed by atoms with Crippen LogP contribution >= 0.6 is 24.0 Å². The summed E-state index contributed by atoms with van der Waals surface area (Å²) in [4.78, 5) is 11.9. The zero-order chi connectivity index (χ0) is 17.6. The Morgan fingerprint density at radius 2 is 1.68 bits per heavy atom. The van der Waals surface area contributed by atoms with Crippen molar-refractivity contribution >= 4 is 35.7 Å². The van der Waals surface area contributed by atoms with E-state index in [1.165, 1.54) is 0 Å². The summed E-state index contributed by atoms with van der Waals surface area (Å²) in [6.45, 7) is 6.18. The lowest BCUT2D eigenvalue weighted by Gasteiger charge is -2.24. The number of benzene rings is 2. The molecule has 0 saturated heterocycles. The van der Waals surface area contributed by atoms with Crippen molar-refractivity contribution in [3.05, 3.63) is 59.1 Å². The van der Waals surface area contributed by atoms with E-state index in [0.717, 1.165) is 11.3 Å². The Morgan fingerprint density at radius 3 is 2.24 bits per heavy atom. The number of nitrogens with one attached hydrogen (secondary N) is 1. The Bertz CT molecular complexity index is 670. The number of halogens is 2. The molecule has 2 aromatic carbocycles. The van der Waals surface area contributed by atoms with Crippen LogP contribution in [-0.2, 0) is 16.1 Å². The van der Waals surface area contributed by atoms with Gasteiger partial charge in [-0.1, -0.05) is 23.7 Å². The zero-order valence-corrected chi connectivity index (χ0v) is 16.1. The molecule has 25 heavy (non-hydrogen) atoms. The van der Waals surface area contributed by atoms with Gasteiger partial charge in [-0.3, -0.25) is 0 Å². The number of ether oxygens (including phenoxy) is 2. The van der Waals surface area contributed by atoms with Crippen LogP contribution in [0.5, 0.6) is 5.75 Å². The monoisotopic (exact) mass is 383 g/mol. The molecule has 1 N–H and O–H groups in total. The minimum absolute atomic E-state index is 0. The Morgan fingerprint density at radius 1 is 1.08 bits per heavy atom. The van der Waals surface area contributed by atoms with Gasteiger partial charge in [0, 0.05) is 17.3 Å². The highest BCUT2D eigenvalue weighted by Crippen LogP contribution is 2.21. The second-order valence-corrected chi connectivity index (χ2v) is 6.27. The lowest BCUT2D eigenvalue weighted by molar-refractivity contribution is -0.158. The van der Waals surface area contributed by atoms with Crippen molar-refractivity contribution in [2.45, 2.75) is 32.9 Å². The van der Waals surface area contributed by atoms with E-state index in [1.54, 1.807) is 20.8 Å². The van der Waals surface area contributed by atoms with Gasteiger partial charge in [0.05, 0.1) is 6.61 Å². The standard InChI is InChI=1S/C19H22ClNO3.ClH/c1-4-23-18(22)19(2,3)24-17-11-5-14(6-12-17)13-21-16-9-7-15(20)8-10-16;/h5-12,21H,4,13H2,1-3H3;1H. The average Bonchev–Trinajstić information content (AvgIpc) is 2.55. The summed E-state index contributed by atoms with van der Waals surface area (Å²) in [5.74, 6) is 0.252. The van der Waals surface area contributed by atoms with E-state index in [4.69, 9.17) is 21.1 Å². The number of carbonyl (C=O) groups is 1. The quantitative estimate of drug-likeness (QED) is 0.676. The SMILES string of the molecule is CCOC(=O)C(C)(C)Oc1ccc(CNc2ccc(Cl)cc2)cc1.Cl. The van der Waals surface area contributed by atoms with Crippen molar-refractivity contribution < 1.29 is 14.3 Å². The van der Waals surface area contributed by atoms with E-state index < -0.39 is 5.60 Å². The molecule has 0 atom stereocenters. The summed E-state index contributed by atoms with van der Waals surface area (Å²) in [5, 5.41) is 4.03. The highest BCUT2D eigenvalue weighted by Gasteiger charge is 2.31. The van der Waals surface area contributed by atoms with Gasteiger partial charge in [-0.25, -0.2) is 4.79 Å². The molecule has 0 aliphatic rings. The minimum atomic E-state index is -1.01. The van der Waals surface area contributed by atoms with Crippen molar-refractivity contribution in [1.82, 2.24) is 0 Å². The second kappa shape index (κ2) is 9.54. The second-order valence-electron chi connectivity index (χ2n) is 5.84. The van der Waals surface area contributed by atoms with Crippen molar-refractivity contribution in [3.63, 3.8) is 0 Å². The average molecular weight is 384 g/mol. The lowest BCUT2D eigenvalue weighted by Crippen LogP contribution is -2.39. The van der Waals surface area contributed by atoms with Crippen molar-refractivity contribution in [3.8, 4) is 5.75 Å². The molecule has 2 aromatic rings. The number of hydrogen-bond acceptors (Lipinski definition) is 4. The molecule has 0 aromatic heterocycles. The molecule has 0 aliphatic heterocycles. The molecule has 136 valence electrons. The van der Waals surface area contributed by atoms with Gasteiger partial charge in [-0.2, -0.15) is 0 Å². The van der Waals surface area contributed by atoms with Crippen LogP contribution in [0.4, 0.5) is 5.69 Å². The highest BCUT2D eigenvalue weighted by atomic mass is 35.5. The number of anilines is 1. The van der Waals surface area contributed by atoms with Gasteiger partial charge in [0.2, 0.25) is 0 Å². The van der Waals surface area contributed by atoms with Crippen LogP contribution in [0.3, 0.4) is 0 Å². The van der Waals surface area contributed by atoms with Crippen LogP contribution < -0.4 is 10.1 Å². The molecule has 0 spiro atoms. The van der Waals surface area contributed by atoms with Gasteiger partial charge in [-0.15, -0.1) is 12.4 Å². The van der Waals surface area contributed by atoms with Crippen LogP contribution in [0.25, 0.3) is 0 Å². The van der Waals surface area contributed by atoms with Gasteiger partial charge >= 0.3 is 5.97 Å². The first kappa shape index (κ1) is 21.1. The smallest absolute Gasteiger partial charge is 0.349 e. The van der Waals surface area contributed by atoms with Crippen molar-refractivity contribution in [2.75, 3.05) is 11.9 Å². The molecule has 0 saturated carbocycles. The molecule has 0 radical (unpaired) electrons. The molecular weight excluding hydrogens is 361 g/mol. The molecule has 2 rings (SSSR count). The molecule has 0 unspecified atom stereocenters. The summed E-state index contributed by atoms with van der Waals surface area (Å²) in [5.41, 5.74) is 1.09. The molecule has 6 heteroatoms. The fourth-order valence-corrected chi connectivity index (χ4v) is 2.21. The van der Waals surface area contributed by atoms with Crippen molar-refractivity contribution in [1.29, 1.82) is 0 Å². The van der Waals surface area contributed by atoms with E-state index in [0.29, 0.717) is 23.9 Å². The van der Waals surface area contributed by atoms with Crippen LogP contribution in [0, 0.1) is 0 Å². The predicted molar refractivity (Wildman–Crippen MR) is 104 cm³/mol. The maximum atomic E-state index is 11.9. The lowest BCUT2D eigenvalue weighted by atomic mass is 10.1. The fourth-order valence-electron chi connectivity index (χ4n) is 2.09. The van der Waals surface area contributed by atoms with E-state index >= 15 is 0 Å². The fraction of sp³-hybridized carbons (Fsp3) is 0.316. The summed E-state index contributed by atoms with van der Waals surface area (Å²) >= 11 is 5.87. The number of hydrogen-bond donors (Lipinski definition) is 1. The first-order valence-electron chi connectivity index (χ1n) is 7.85. The topological polar surface area (TPSA) is 47.6 Å². The van der Waals surface area contributed by atoms with Crippen LogP contribution in [0.1, 0.15) is 26.3 Å². The largest absolute Gasteiger partial charge is 0.476 e. The highest BCUT2D eigenvalue weighted by molar-refractivity contribution is 6.30. The predicted octanol–water partition coefficient (Wildman–Crippen LogP) is 5.09. The Hall–Kier alpha value is -1.91. The first-order valence-corrected chi connectivity index (χ1v) is 8.23. The van der Waals surface area contributed by atoms with E-state index in [9.17, 15) is 4.79 Å². The third kappa shape index (κ3) is 6.48. The van der Waals surface area contributed by atoms with Gasteiger partial charge in [0.25, 0.3) is 0 Å². The minimum Gasteiger partial charge on any atom is -0.476 e. The molecule has 0 fully saturated rings. The molecule has 4 nitrogen and oxygen atoms in total. The molecule has 0 bridgehead atoms. The van der Waals surface area contributed by atoms with E-state index in [2.05, 4.69) is 5.32 Å². The molecule has 0 amide bonds. The molecule has 0 heterocycles. The number of esters is 1. The van der Waals surface area contributed by atoms with Crippen LogP contribution in [0.15, 0.2) is 48.5 Å². The van der Waals surface area contributed by atoms with Crippen molar-refractivity contribution in [2.24, 2.45) is 0 Å². The maximum Gasteiger partial charge on any atom is 0.349 e.